The standard InChI is InChI=1S/C13H20N2O2S/c1-13(2)10(9-4-3-5-17-11(9)13)14-6-8-7-18-12(16)15-8/h7,9-11,14H,3-6H2,1-2H3,(H,15,16). The molecule has 18 heavy (non-hydrogen) atoms. The molecule has 0 radical (unpaired) electrons. The van der Waals surface area contributed by atoms with Crippen LogP contribution in [0.2, 0.25) is 0 Å². The molecule has 0 spiro atoms. The van der Waals surface area contributed by atoms with Crippen LogP contribution in [0.25, 0.3) is 0 Å². The van der Waals surface area contributed by atoms with Crippen molar-refractivity contribution in [3.05, 3.63) is 20.7 Å². The first-order chi connectivity index (χ1) is 8.59. The maximum Gasteiger partial charge on any atom is 0.304 e. The van der Waals surface area contributed by atoms with Gasteiger partial charge in [0.05, 0.1) is 6.10 Å². The summed E-state index contributed by atoms with van der Waals surface area (Å²) in [6, 6.07) is 0.492. The van der Waals surface area contributed by atoms with Gasteiger partial charge in [0.25, 0.3) is 0 Å². The lowest BCUT2D eigenvalue weighted by Gasteiger charge is -2.60. The van der Waals surface area contributed by atoms with Crippen LogP contribution in [-0.4, -0.2) is 23.7 Å². The van der Waals surface area contributed by atoms with Crippen LogP contribution in [0.1, 0.15) is 32.4 Å². The smallest absolute Gasteiger partial charge is 0.304 e. The van der Waals surface area contributed by atoms with Gasteiger partial charge < -0.3 is 15.0 Å². The highest BCUT2D eigenvalue weighted by molar-refractivity contribution is 7.07. The van der Waals surface area contributed by atoms with E-state index in [0.29, 0.717) is 18.1 Å². The zero-order valence-electron chi connectivity index (χ0n) is 10.9. The van der Waals surface area contributed by atoms with Crippen LogP contribution in [0.5, 0.6) is 0 Å². The topological polar surface area (TPSA) is 54.1 Å². The molecule has 5 heteroatoms. The number of H-pyrrole nitrogens is 1. The Balaban J connectivity index is 1.64. The van der Waals surface area contributed by atoms with E-state index in [1.54, 1.807) is 0 Å². The zero-order chi connectivity index (χ0) is 12.8. The number of hydrogen-bond donors (Lipinski definition) is 2. The maximum atomic E-state index is 11.1. The van der Waals surface area contributed by atoms with Gasteiger partial charge >= 0.3 is 4.87 Å². The van der Waals surface area contributed by atoms with Gasteiger partial charge in [-0.15, -0.1) is 0 Å². The van der Waals surface area contributed by atoms with Crippen LogP contribution >= 0.6 is 11.3 Å². The Labute approximate surface area is 111 Å². The SMILES string of the molecule is CC1(C)C(NCc2csc(=O)[nH]2)C2CCCOC21. The molecule has 2 N–H and O–H groups in total. The van der Waals surface area contributed by atoms with Crippen LogP contribution in [0.4, 0.5) is 0 Å². The van der Waals surface area contributed by atoms with Crippen LogP contribution in [-0.2, 0) is 11.3 Å². The first kappa shape index (κ1) is 12.4. The van der Waals surface area contributed by atoms with Gasteiger partial charge in [-0.05, 0) is 12.8 Å². The molecule has 1 aliphatic carbocycles. The van der Waals surface area contributed by atoms with Crippen LogP contribution < -0.4 is 10.2 Å². The molecule has 1 aliphatic heterocycles. The van der Waals surface area contributed by atoms with E-state index < -0.39 is 0 Å². The fourth-order valence-electron chi connectivity index (χ4n) is 3.56. The molecule has 0 bridgehead atoms. The molecule has 2 aliphatic rings. The second kappa shape index (κ2) is 4.47. The van der Waals surface area contributed by atoms with Crippen molar-refractivity contribution < 1.29 is 4.74 Å². The Hall–Kier alpha value is -0.650. The number of hydrogen-bond acceptors (Lipinski definition) is 4. The molecule has 3 atom stereocenters. The maximum absolute atomic E-state index is 11.1. The number of nitrogens with one attached hydrogen (secondary N) is 2. The van der Waals surface area contributed by atoms with E-state index in [-0.39, 0.29) is 10.3 Å². The van der Waals surface area contributed by atoms with E-state index in [1.807, 2.05) is 5.38 Å². The summed E-state index contributed by atoms with van der Waals surface area (Å²) in [5.41, 5.74) is 1.18. The van der Waals surface area contributed by atoms with Gasteiger partial charge in [0, 0.05) is 41.6 Å². The normalized spacial score (nSPS) is 33.8. The number of fused-ring (bicyclic) bond motifs is 1. The summed E-state index contributed by atoms with van der Waals surface area (Å²) in [6.45, 7) is 6.20. The fraction of sp³-hybridized carbons (Fsp3) is 0.769. The molecule has 2 heterocycles. The number of rotatable bonds is 3. The average molecular weight is 268 g/mol. The number of aromatic amines is 1. The van der Waals surface area contributed by atoms with Gasteiger partial charge in [-0.1, -0.05) is 25.2 Å². The minimum Gasteiger partial charge on any atom is -0.377 e. The van der Waals surface area contributed by atoms with Gasteiger partial charge in [-0.25, -0.2) is 0 Å². The highest BCUT2D eigenvalue weighted by atomic mass is 32.1. The first-order valence-corrected chi connectivity index (χ1v) is 7.48. The van der Waals surface area contributed by atoms with Crippen molar-refractivity contribution in [2.24, 2.45) is 11.3 Å². The summed E-state index contributed by atoms with van der Waals surface area (Å²) < 4.78 is 5.88. The predicted molar refractivity (Wildman–Crippen MR) is 71.8 cm³/mol. The van der Waals surface area contributed by atoms with Crippen LogP contribution in [0.3, 0.4) is 0 Å². The molecule has 4 nitrogen and oxygen atoms in total. The molecule has 0 amide bonds. The van der Waals surface area contributed by atoms with E-state index in [0.717, 1.165) is 18.8 Å². The van der Waals surface area contributed by atoms with Gasteiger partial charge in [0.1, 0.15) is 0 Å². The molecular formula is C13H20N2O2S. The molecule has 1 saturated carbocycles. The van der Waals surface area contributed by atoms with Crippen LogP contribution in [0, 0.1) is 11.3 Å². The first-order valence-electron chi connectivity index (χ1n) is 6.61. The molecule has 2 fully saturated rings. The van der Waals surface area contributed by atoms with Gasteiger partial charge in [-0.2, -0.15) is 0 Å². The molecule has 1 aromatic heterocycles. The van der Waals surface area contributed by atoms with E-state index in [9.17, 15) is 4.79 Å². The molecule has 3 rings (SSSR count). The Bertz CT molecular complexity index is 479. The second-order valence-electron chi connectivity index (χ2n) is 5.95. The third kappa shape index (κ3) is 1.94. The number of thiazole rings is 1. The van der Waals surface area contributed by atoms with Gasteiger partial charge in [-0.3, -0.25) is 4.79 Å². The highest BCUT2D eigenvalue weighted by Crippen LogP contribution is 2.51. The summed E-state index contributed by atoms with van der Waals surface area (Å²) in [7, 11) is 0. The van der Waals surface area contributed by atoms with Crippen molar-refractivity contribution in [2.75, 3.05) is 6.61 Å². The highest BCUT2D eigenvalue weighted by Gasteiger charge is 2.57. The summed E-state index contributed by atoms with van der Waals surface area (Å²) in [6.07, 6.45) is 2.83. The molecule has 1 aromatic rings. The fourth-order valence-corrected chi connectivity index (χ4v) is 4.14. The Morgan fingerprint density at radius 1 is 1.61 bits per heavy atom. The summed E-state index contributed by atoms with van der Waals surface area (Å²) in [5, 5.41) is 5.49. The monoisotopic (exact) mass is 268 g/mol. The molecule has 100 valence electrons. The van der Waals surface area contributed by atoms with Gasteiger partial charge in [0.2, 0.25) is 0 Å². The van der Waals surface area contributed by atoms with Crippen molar-refractivity contribution in [2.45, 2.75) is 45.4 Å². The summed E-state index contributed by atoms with van der Waals surface area (Å²) in [5.74, 6) is 0.638. The van der Waals surface area contributed by atoms with Crippen LogP contribution in [0.15, 0.2) is 10.2 Å². The number of ether oxygens (including phenoxy) is 1. The molecule has 1 saturated heterocycles. The van der Waals surface area contributed by atoms with E-state index in [2.05, 4.69) is 24.1 Å². The van der Waals surface area contributed by atoms with Crippen molar-refractivity contribution in [3.63, 3.8) is 0 Å². The lowest BCUT2D eigenvalue weighted by atomic mass is 9.55. The minimum absolute atomic E-state index is 0.0264. The third-order valence-electron chi connectivity index (χ3n) is 4.41. The number of aromatic nitrogens is 1. The lowest BCUT2D eigenvalue weighted by Crippen LogP contribution is -2.69. The van der Waals surface area contributed by atoms with Gasteiger partial charge in [0.15, 0.2) is 0 Å². The van der Waals surface area contributed by atoms with E-state index in [1.165, 1.54) is 24.2 Å². The molecular weight excluding hydrogens is 248 g/mol. The third-order valence-corrected chi connectivity index (χ3v) is 5.13. The quantitative estimate of drug-likeness (QED) is 0.878. The van der Waals surface area contributed by atoms with E-state index in [4.69, 9.17) is 4.74 Å². The predicted octanol–water partition coefficient (Wildman–Crippen LogP) is 1.73. The summed E-state index contributed by atoms with van der Waals surface area (Å²) in [4.78, 5) is 14.0. The largest absolute Gasteiger partial charge is 0.377 e. The Morgan fingerprint density at radius 2 is 2.44 bits per heavy atom. The lowest BCUT2D eigenvalue weighted by molar-refractivity contribution is -0.193. The van der Waals surface area contributed by atoms with Crippen molar-refractivity contribution >= 4 is 11.3 Å². The Morgan fingerprint density at radius 3 is 3.17 bits per heavy atom. The minimum atomic E-state index is 0.0264. The van der Waals surface area contributed by atoms with Crippen molar-refractivity contribution in [3.8, 4) is 0 Å². The molecule has 0 aromatic carbocycles. The second-order valence-corrected chi connectivity index (χ2v) is 6.79. The molecule has 3 unspecified atom stereocenters. The van der Waals surface area contributed by atoms with E-state index >= 15 is 0 Å². The Kier molecular flexibility index (Phi) is 3.08. The van der Waals surface area contributed by atoms with Crippen molar-refractivity contribution in [1.82, 2.24) is 10.3 Å². The van der Waals surface area contributed by atoms with Crippen molar-refractivity contribution in [1.29, 1.82) is 0 Å². The zero-order valence-corrected chi connectivity index (χ0v) is 11.7. The average Bonchev–Trinajstić information content (AvgIpc) is 2.75. The summed E-state index contributed by atoms with van der Waals surface area (Å²) >= 11 is 1.23.